The minimum absolute atomic E-state index is 0.235. The summed E-state index contributed by atoms with van der Waals surface area (Å²) in [4.78, 5) is 23.3. The van der Waals surface area contributed by atoms with Crippen molar-refractivity contribution < 1.29 is 14.3 Å². The van der Waals surface area contributed by atoms with Crippen LogP contribution in [0.1, 0.15) is 46.0 Å². The fourth-order valence-electron chi connectivity index (χ4n) is 2.37. The van der Waals surface area contributed by atoms with Crippen LogP contribution in [0.15, 0.2) is 12.2 Å². The van der Waals surface area contributed by atoms with Gasteiger partial charge in [0.1, 0.15) is 5.78 Å². The lowest BCUT2D eigenvalue weighted by Crippen LogP contribution is -2.35. The van der Waals surface area contributed by atoms with Crippen LogP contribution >= 0.6 is 0 Å². The van der Waals surface area contributed by atoms with Gasteiger partial charge in [-0.2, -0.15) is 0 Å². The monoisotopic (exact) mass is 238 g/mol. The Morgan fingerprint density at radius 3 is 2.71 bits per heavy atom. The first-order valence-electron chi connectivity index (χ1n) is 6.14. The predicted octanol–water partition coefficient (Wildman–Crippen LogP) is 2.89. The molecule has 0 aliphatic heterocycles. The zero-order valence-electron chi connectivity index (χ0n) is 11.0. The number of esters is 1. The van der Waals surface area contributed by atoms with E-state index in [1.54, 1.807) is 0 Å². The third-order valence-corrected chi connectivity index (χ3v) is 3.96. The Labute approximate surface area is 103 Å². The van der Waals surface area contributed by atoms with E-state index in [1.165, 1.54) is 7.11 Å². The number of carbonyl (C=O) groups excluding carboxylic acids is 2. The zero-order chi connectivity index (χ0) is 13.1. The van der Waals surface area contributed by atoms with Crippen LogP contribution in [-0.4, -0.2) is 18.9 Å². The number of allylic oxidation sites excluding steroid dienone is 1. The molecule has 1 aliphatic carbocycles. The fourth-order valence-corrected chi connectivity index (χ4v) is 2.37. The number of methoxy groups -OCH3 is 1. The molecule has 0 heterocycles. The molecule has 2 atom stereocenters. The van der Waals surface area contributed by atoms with Gasteiger partial charge in [-0.3, -0.25) is 9.59 Å². The lowest BCUT2D eigenvalue weighted by atomic mass is 9.67. The Bertz CT molecular complexity index is 332. The van der Waals surface area contributed by atoms with Crippen LogP contribution in [0.25, 0.3) is 0 Å². The number of hydrogen-bond acceptors (Lipinski definition) is 3. The normalized spacial score (nSPS) is 28.9. The minimum Gasteiger partial charge on any atom is -0.469 e. The molecule has 96 valence electrons. The third-order valence-electron chi connectivity index (χ3n) is 3.96. The number of ketones is 1. The second-order valence-corrected chi connectivity index (χ2v) is 5.35. The van der Waals surface area contributed by atoms with Gasteiger partial charge in [0.05, 0.1) is 7.11 Å². The molecular formula is C14H22O3. The Morgan fingerprint density at radius 1 is 1.59 bits per heavy atom. The first-order valence-corrected chi connectivity index (χ1v) is 6.14. The van der Waals surface area contributed by atoms with Gasteiger partial charge < -0.3 is 4.74 Å². The average Bonchev–Trinajstić information content (AvgIpc) is 2.29. The Balaban J connectivity index is 2.57. The van der Waals surface area contributed by atoms with E-state index in [1.807, 2.05) is 13.8 Å². The van der Waals surface area contributed by atoms with Crippen molar-refractivity contribution in [3.05, 3.63) is 12.2 Å². The Kier molecular flexibility index (Phi) is 4.49. The molecular weight excluding hydrogens is 216 g/mol. The largest absolute Gasteiger partial charge is 0.469 e. The maximum atomic E-state index is 12.1. The van der Waals surface area contributed by atoms with Crippen molar-refractivity contribution in [2.75, 3.05) is 7.11 Å². The molecule has 1 saturated carbocycles. The topological polar surface area (TPSA) is 43.4 Å². The summed E-state index contributed by atoms with van der Waals surface area (Å²) >= 11 is 0. The van der Waals surface area contributed by atoms with Gasteiger partial charge in [0, 0.05) is 18.3 Å². The minimum atomic E-state index is -0.347. The summed E-state index contributed by atoms with van der Waals surface area (Å²) in [5, 5.41) is 0. The first-order chi connectivity index (χ1) is 7.89. The average molecular weight is 238 g/mol. The predicted molar refractivity (Wildman–Crippen MR) is 66.5 cm³/mol. The van der Waals surface area contributed by atoms with E-state index in [2.05, 4.69) is 11.3 Å². The van der Waals surface area contributed by atoms with Crippen LogP contribution < -0.4 is 0 Å². The number of hydrogen-bond donors (Lipinski definition) is 0. The van der Waals surface area contributed by atoms with Gasteiger partial charge in [-0.25, -0.2) is 0 Å². The molecule has 0 spiro atoms. The van der Waals surface area contributed by atoms with Gasteiger partial charge in [-0.05, 0) is 32.1 Å². The SMILES string of the molecule is C=C(C)[C@@H]1CC[C@@](C)(CCC(=O)OC)C(=O)C1. The number of ether oxygens (including phenoxy) is 1. The van der Waals surface area contributed by atoms with Crippen LogP contribution in [0, 0.1) is 11.3 Å². The van der Waals surface area contributed by atoms with Gasteiger partial charge in [0.15, 0.2) is 0 Å². The summed E-state index contributed by atoms with van der Waals surface area (Å²) in [5.74, 6) is 0.357. The number of Topliss-reactive ketones (excluding diaryl/α,β-unsaturated/α-hetero) is 1. The highest BCUT2D eigenvalue weighted by atomic mass is 16.5. The molecule has 0 saturated heterocycles. The van der Waals surface area contributed by atoms with Crippen LogP contribution in [0.5, 0.6) is 0 Å². The maximum Gasteiger partial charge on any atom is 0.305 e. The smallest absolute Gasteiger partial charge is 0.305 e. The third kappa shape index (κ3) is 3.42. The highest BCUT2D eigenvalue weighted by molar-refractivity contribution is 5.86. The summed E-state index contributed by atoms with van der Waals surface area (Å²) in [6.07, 6.45) is 3.35. The van der Waals surface area contributed by atoms with E-state index in [0.29, 0.717) is 25.2 Å². The lowest BCUT2D eigenvalue weighted by molar-refractivity contribution is -0.142. The summed E-state index contributed by atoms with van der Waals surface area (Å²) in [7, 11) is 1.38. The summed E-state index contributed by atoms with van der Waals surface area (Å²) in [6, 6.07) is 0. The van der Waals surface area contributed by atoms with E-state index in [0.717, 1.165) is 18.4 Å². The van der Waals surface area contributed by atoms with E-state index in [4.69, 9.17) is 0 Å². The van der Waals surface area contributed by atoms with Crippen LogP contribution in [-0.2, 0) is 14.3 Å². The van der Waals surface area contributed by atoms with Crippen LogP contribution in [0.3, 0.4) is 0 Å². The van der Waals surface area contributed by atoms with E-state index >= 15 is 0 Å². The molecule has 0 N–H and O–H groups in total. The van der Waals surface area contributed by atoms with Crippen molar-refractivity contribution in [3.8, 4) is 0 Å². The molecule has 0 radical (unpaired) electrons. The quantitative estimate of drug-likeness (QED) is 0.558. The van der Waals surface area contributed by atoms with Gasteiger partial charge in [0.2, 0.25) is 0 Å². The number of carbonyl (C=O) groups is 2. The van der Waals surface area contributed by atoms with Crippen molar-refractivity contribution in [1.29, 1.82) is 0 Å². The van der Waals surface area contributed by atoms with Gasteiger partial charge in [-0.15, -0.1) is 0 Å². The Morgan fingerprint density at radius 2 is 2.24 bits per heavy atom. The molecule has 0 aromatic rings. The van der Waals surface area contributed by atoms with Crippen molar-refractivity contribution in [3.63, 3.8) is 0 Å². The first kappa shape index (κ1) is 13.9. The van der Waals surface area contributed by atoms with Crippen molar-refractivity contribution >= 4 is 11.8 Å². The lowest BCUT2D eigenvalue weighted by Gasteiger charge is -2.36. The van der Waals surface area contributed by atoms with Crippen molar-refractivity contribution in [2.45, 2.75) is 46.0 Å². The van der Waals surface area contributed by atoms with Crippen molar-refractivity contribution in [1.82, 2.24) is 0 Å². The zero-order valence-corrected chi connectivity index (χ0v) is 11.0. The van der Waals surface area contributed by atoms with Gasteiger partial charge in [-0.1, -0.05) is 19.1 Å². The molecule has 17 heavy (non-hydrogen) atoms. The molecule has 3 heteroatoms. The summed E-state index contributed by atoms with van der Waals surface area (Å²) in [5.41, 5.74) is 0.744. The molecule has 0 bridgehead atoms. The molecule has 0 unspecified atom stereocenters. The van der Waals surface area contributed by atoms with Gasteiger partial charge >= 0.3 is 5.97 Å². The van der Waals surface area contributed by atoms with E-state index in [9.17, 15) is 9.59 Å². The molecule has 1 fully saturated rings. The highest BCUT2D eigenvalue weighted by Crippen LogP contribution is 2.41. The fraction of sp³-hybridized carbons (Fsp3) is 0.714. The number of rotatable bonds is 4. The Hall–Kier alpha value is -1.12. The molecule has 0 aromatic carbocycles. The molecule has 0 aromatic heterocycles. The molecule has 3 nitrogen and oxygen atoms in total. The molecule has 0 amide bonds. The van der Waals surface area contributed by atoms with Gasteiger partial charge in [0.25, 0.3) is 0 Å². The summed E-state index contributed by atoms with van der Waals surface area (Å²) in [6.45, 7) is 7.87. The highest BCUT2D eigenvalue weighted by Gasteiger charge is 2.38. The standard InChI is InChI=1S/C14H22O3/c1-10(2)11-5-7-14(3,12(15)9-11)8-6-13(16)17-4/h11H,1,5-9H2,2-4H3/t11-,14+/m1/s1. The molecule has 1 aliphatic rings. The summed E-state index contributed by atoms with van der Waals surface area (Å²) < 4.78 is 4.62. The molecule has 1 rings (SSSR count). The van der Waals surface area contributed by atoms with E-state index in [-0.39, 0.29) is 17.2 Å². The van der Waals surface area contributed by atoms with Crippen LogP contribution in [0.2, 0.25) is 0 Å². The second-order valence-electron chi connectivity index (χ2n) is 5.35. The van der Waals surface area contributed by atoms with Crippen LogP contribution in [0.4, 0.5) is 0 Å². The maximum absolute atomic E-state index is 12.1. The second kappa shape index (κ2) is 5.48. The van der Waals surface area contributed by atoms with Crippen molar-refractivity contribution in [2.24, 2.45) is 11.3 Å². The van der Waals surface area contributed by atoms with E-state index < -0.39 is 0 Å².